The zero-order valence-corrected chi connectivity index (χ0v) is 16.6. The van der Waals surface area contributed by atoms with E-state index in [0.29, 0.717) is 26.1 Å². The van der Waals surface area contributed by atoms with Gasteiger partial charge in [0.05, 0.1) is 12.1 Å². The first-order valence-electron chi connectivity index (χ1n) is 10.2. The van der Waals surface area contributed by atoms with Gasteiger partial charge in [-0.25, -0.2) is 4.98 Å². The number of aromatic nitrogens is 3. The number of hydrogen-bond acceptors (Lipinski definition) is 5. The summed E-state index contributed by atoms with van der Waals surface area (Å²) in [6, 6.07) is 9.74. The highest BCUT2D eigenvalue weighted by molar-refractivity contribution is 5.95. The summed E-state index contributed by atoms with van der Waals surface area (Å²) in [4.78, 5) is 32.8. The molecule has 3 heterocycles. The highest BCUT2D eigenvalue weighted by atomic mass is 16.5. The molecule has 2 aliphatic heterocycles. The number of anilines is 1. The van der Waals surface area contributed by atoms with E-state index >= 15 is 0 Å². The number of ether oxygens (including phenoxy) is 1. The number of hydrogen-bond donors (Lipinski definition) is 0. The maximum absolute atomic E-state index is 12.7. The topological polar surface area (TPSA) is 80.6 Å². The van der Waals surface area contributed by atoms with E-state index < -0.39 is 0 Å². The first-order valence-corrected chi connectivity index (χ1v) is 10.2. The fourth-order valence-electron chi connectivity index (χ4n) is 4.18. The summed E-state index contributed by atoms with van der Waals surface area (Å²) in [5, 5.41) is 4.07. The van der Waals surface area contributed by atoms with Crippen molar-refractivity contribution in [2.45, 2.75) is 44.2 Å². The number of likely N-dealkylation sites (tertiary alicyclic amines) is 1. The number of carbonyl (C=O) groups is 2. The fraction of sp³-hybridized carbons (Fsp3) is 0.524. The second-order valence-electron chi connectivity index (χ2n) is 7.78. The van der Waals surface area contributed by atoms with Gasteiger partial charge in [-0.1, -0.05) is 18.2 Å². The average Bonchev–Trinajstić information content (AvgIpc) is 3.18. The molecule has 0 aliphatic carbocycles. The van der Waals surface area contributed by atoms with E-state index in [1.165, 1.54) is 6.33 Å². The van der Waals surface area contributed by atoms with Crippen molar-refractivity contribution in [1.29, 1.82) is 0 Å². The van der Waals surface area contributed by atoms with Gasteiger partial charge in [-0.05, 0) is 37.8 Å². The normalized spacial score (nSPS) is 22.7. The monoisotopic (exact) mass is 397 g/mol. The van der Waals surface area contributed by atoms with Crippen LogP contribution in [0, 0.1) is 0 Å². The van der Waals surface area contributed by atoms with Crippen molar-refractivity contribution < 1.29 is 14.3 Å². The lowest BCUT2D eigenvalue weighted by molar-refractivity contribution is -0.141. The number of aryl methyl sites for hydroxylation is 1. The van der Waals surface area contributed by atoms with E-state index in [-0.39, 0.29) is 24.0 Å². The van der Waals surface area contributed by atoms with Crippen LogP contribution in [0.15, 0.2) is 43.0 Å². The van der Waals surface area contributed by atoms with Crippen molar-refractivity contribution in [2.24, 2.45) is 0 Å². The Bertz CT molecular complexity index is 826. The number of carbonyl (C=O) groups excluding carboxylic acids is 2. The van der Waals surface area contributed by atoms with Crippen molar-refractivity contribution in [3.63, 3.8) is 0 Å². The first kappa shape index (κ1) is 19.6. The van der Waals surface area contributed by atoms with Crippen molar-refractivity contribution in [1.82, 2.24) is 19.7 Å². The summed E-state index contributed by atoms with van der Waals surface area (Å²) in [5.74, 6) is 0.168. The van der Waals surface area contributed by atoms with Gasteiger partial charge in [-0.3, -0.25) is 14.3 Å². The van der Waals surface area contributed by atoms with E-state index in [1.54, 1.807) is 11.0 Å². The van der Waals surface area contributed by atoms with Gasteiger partial charge in [0.2, 0.25) is 5.91 Å². The molecule has 4 rings (SSSR count). The zero-order chi connectivity index (χ0) is 20.1. The molecule has 154 valence electrons. The summed E-state index contributed by atoms with van der Waals surface area (Å²) in [7, 11) is 0. The Hall–Kier alpha value is -2.74. The molecule has 1 aromatic heterocycles. The van der Waals surface area contributed by atoms with Crippen LogP contribution >= 0.6 is 0 Å². The molecule has 2 saturated heterocycles. The van der Waals surface area contributed by atoms with E-state index in [4.69, 9.17) is 4.74 Å². The average molecular weight is 397 g/mol. The van der Waals surface area contributed by atoms with Gasteiger partial charge in [0.1, 0.15) is 19.3 Å². The maximum Gasteiger partial charge on any atom is 0.253 e. The molecule has 8 heteroatoms. The van der Waals surface area contributed by atoms with Gasteiger partial charge in [0.15, 0.2) is 0 Å². The molecule has 0 saturated carbocycles. The van der Waals surface area contributed by atoms with E-state index in [1.807, 2.05) is 40.1 Å². The Balaban J connectivity index is 1.34. The summed E-state index contributed by atoms with van der Waals surface area (Å²) in [6.07, 6.45) is 6.90. The Labute approximate surface area is 170 Å². The van der Waals surface area contributed by atoms with Crippen molar-refractivity contribution in [2.75, 3.05) is 31.1 Å². The molecule has 8 nitrogen and oxygen atoms in total. The number of morpholine rings is 1. The van der Waals surface area contributed by atoms with Crippen LogP contribution < -0.4 is 4.90 Å². The molecular formula is C21H27N5O3. The summed E-state index contributed by atoms with van der Waals surface area (Å²) >= 11 is 0. The van der Waals surface area contributed by atoms with E-state index in [9.17, 15) is 9.59 Å². The molecule has 2 amide bonds. The predicted octanol–water partition coefficient (Wildman–Crippen LogP) is 1.87. The molecule has 0 radical (unpaired) electrons. The minimum atomic E-state index is -0.375. The summed E-state index contributed by atoms with van der Waals surface area (Å²) < 4.78 is 7.81. The van der Waals surface area contributed by atoms with Crippen LogP contribution in [0.2, 0.25) is 0 Å². The minimum Gasteiger partial charge on any atom is -0.363 e. The molecule has 1 atom stereocenters. The highest BCUT2D eigenvalue weighted by Gasteiger charge is 2.41. The van der Waals surface area contributed by atoms with Crippen LogP contribution in [0.4, 0.5) is 5.69 Å². The fourth-order valence-corrected chi connectivity index (χ4v) is 4.18. The van der Waals surface area contributed by atoms with Crippen LogP contribution in [-0.2, 0) is 20.9 Å². The molecule has 0 bridgehead atoms. The number of nitrogens with zero attached hydrogens (tertiary/aromatic N) is 5. The molecule has 1 unspecified atom stereocenters. The van der Waals surface area contributed by atoms with Crippen molar-refractivity contribution in [3.05, 3.63) is 43.0 Å². The summed E-state index contributed by atoms with van der Waals surface area (Å²) in [6.45, 7) is 2.75. The lowest BCUT2D eigenvalue weighted by Crippen LogP contribution is -2.55. The maximum atomic E-state index is 12.7. The second-order valence-corrected chi connectivity index (χ2v) is 7.78. The van der Waals surface area contributed by atoms with Gasteiger partial charge < -0.3 is 14.5 Å². The van der Waals surface area contributed by atoms with Gasteiger partial charge in [-0.15, -0.1) is 0 Å². The van der Waals surface area contributed by atoms with Gasteiger partial charge in [0, 0.05) is 31.7 Å². The third kappa shape index (κ3) is 4.64. The molecule has 2 aromatic rings. The minimum absolute atomic E-state index is 0.00730. The summed E-state index contributed by atoms with van der Waals surface area (Å²) in [5.41, 5.74) is 0.532. The molecule has 1 aromatic carbocycles. The molecule has 29 heavy (non-hydrogen) atoms. The predicted molar refractivity (Wildman–Crippen MR) is 107 cm³/mol. The molecule has 2 aliphatic rings. The van der Waals surface area contributed by atoms with Crippen LogP contribution in [0.25, 0.3) is 0 Å². The Morgan fingerprint density at radius 1 is 1.17 bits per heavy atom. The number of para-hydroxylation sites is 1. The van der Waals surface area contributed by atoms with Gasteiger partial charge >= 0.3 is 0 Å². The number of benzene rings is 1. The van der Waals surface area contributed by atoms with Crippen LogP contribution in [-0.4, -0.2) is 63.3 Å². The third-order valence-electron chi connectivity index (χ3n) is 5.81. The SMILES string of the molecule is O=C(CCCn1cncn1)N1CCCC2(CC1)CN(c1ccccc1)C(=O)CO2. The van der Waals surface area contributed by atoms with Crippen LogP contribution in [0.3, 0.4) is 0 Å². The number of rotatable bonds is 5. The van der Waals surface area contributed by atoms with Crippen LogP contribution in [0.5, 0.6) is 0 Å². The standard InChI is InChI=1S/C21H27N5O3/c27-19(8-4-12-25-17-22-16-23-25)24-11-5-9-21(10-13-24)15-26(20(28)14-29-21)18-6-2-1-3-7-18/h1-3,6-7,16-17H,4-5,8-15H2. The van der Waals surface area contributed by atoms with Gasteiger partial charge in [0.25, 0.3) is 5.91 Å². The largest absolute Gasteiger partial charge is 0.363 e. The van der Waals surface area contributed by atoms with Gasteiger partial charge in [-0.2, -0.15) is 5.10 Å². The molecule has 1 spiro atoms. The highest BCUT2D eigenvalue weighted by Crippen LogP contribution is 2.33. The van der Waals surface area contributed by atoms with Crippen molar-refractivity contribution in [3.8, 4) is 0 Å². The Kier molecular flexibility index (Phi) is 5.89. The van der Waals surface area contributed by atoms with Crippen LogP contribution in [0.1, 0.15) is 32.1 Å². The quantitative estimate of drug-likeness (QED) is 0.770. The zero-order valence-electron chi connectivity index (χ0n) is 16.6. The number of amides is 2. The lowest BCUT2D eigenvalue weighted by atomic mass is 9.92. The third-order valence-corrected chi connectivity index (χ3v) is 5.81. The molecule has 0 N–H and O–H groups in total. The first-order chi connectivity index (χ1) is 14.2. The van der Waals surface area contributed by atoms with E-state index in [2.05, 4.69) is 10.1 Å². The van der Waals surface area contributed by atoms with E-state index in [0.717, 1.165) is 37.9 Å². The molecular weight excluding hydrogens is 370 g/mol. The van der Waals surface area contributed by atoms with Crippen molar-refractivity contribution >= 4 is 17.5 Å². The second kappa shape index (κ2) is 8.73. The smallest absolute Gasteiger partial charge is 0.253 e. The Morgan fingerprint density at radius 3 is 2.83 bits per heavy atom. The lowest BCUT2D eigenvalue weighted by Gasteiger charge is -2.42. The Morgan fingerprint density at radius 2 is 2.03 bits per heavy atom. The molecule has 2 fully saturated rings.